The third kappa shape index (κ3) is 4.35. The van der Waals surface area contributed by atoms with Gasteiger partial charge in [-0.05, 0) is 62.2 Å². The number of rotatable bonds is 5. The third-order valence-corrected chi connectivity index (χ3v) is 4.74. The fourth-order valence-corrected chi connectivity index (χ4v) is 2.92. The molecule has 2 aromatic rings. The molecule has 0 aliphatic carbocycles. The van der Waals surface area contributed by atoms with Gasteiger partial charge in [-0.3, -0.25) is 4.79 Å². The van der Waals surface area contributed by atoms with Gasteiger partial charge in [0.2, 0.25) is 0 Å². The molecule has 5 heteroatoms. The maximum atomic E-state index is 12.4. The highest BCUT2D eigenvalue weighted by Crippen LogP contribution is 2.23. The summed E-state index contributed by atoms with van der Waals surface area (Å²) in [7, 11) is 0. The molecule has 26 heavy (non-hydrogen) atoms. The molecule has 0 aromatic heterocycles. The Morgan fingerprint density at radius 3 is 2.50 bits per heavy atom. The van der Waals surface area contributed by atoms with E-state index < -0.39 is 6.10 Å². The Balaban J connectivity index is 1.59. The molecule has 3 rings (SSSR count). The fraction of sp³-hybridized carbons (Fsp3) is 0.381. The van der Waals surface area contributed by atoms with Gasteiger partial charge in [0.1, 0.15) is 5.75 Å². The SMILES string of the molecule is Cc1cccc(O[C@H](C)C(=O)Nc2ccc(N3CCOCC3)cc2)c1C. The Hall–Kier alpha value is -2.53. The van der Waals surface area contributed by atoms with E-state index in [1.54, 1.807) is 6.92 Å². The van der Waals surface area contributed by atoms with Gasteiger partial charge >= 0.3 is 0 Å². The second kappa shape index (κ2) is 8.23. The summed E-state index contributed by atoms with van der Waals surface area (Å²) in [4.78, 5) is 14.7. The second-order valence-corrected chi connectivity index (χ2v) is 6.59. The maximum absolute atomic E-state index is 12.4. The molecule has 0 radical (unpaired) electrons. The molecule has 0 unspecified atom stereocenters. The number of aryl methyl sites for hydroxylation is 1. The smallest absolute Gasteiger partial charge is 0.265 e. The molecule has 2 aromatic carbocycles. The van der Waals surface area contributed by atoms with Crippen molar-refractivity contribution >= 4 is 17.3 Å². The van der Waals surface area contributed by atoms with Crippen molar-refractivity contribution in [3.8, 4) is 5.75 Å². The maximum Gasteiger partial charge on any atom is 0.265 e. The number of hydrogen-bond donors (Lipinski definition) is 1. The normalized spacial score (nSPS) is 15.4. The number of benzene rings is 2. The van der Waals surface area contributed by atoms with Crippen molar-refractivity contribution in [3.05, 3.63) is 53.6 Å². The van der Waals surface area contributed by atoms with Crippen molar-refractivity contribution in [3.63, 3.8) is 0 Å². The van der Waals surface area contributed by atoms with E-state index in [9.17, 15) is 4.79 Å². The number of ether oxygens (including phenoxy) is 2. The van der Waals surface area contributed by atoms with Crippen LogP contribution in [0.2, 0.25) is 0 Å². The summed E-state index contributed by atoms with van der Waals surface area (Å²) in [5.74, 6) is 0.584. The number of hydrogen-bond acceptors (Lipinski definition) is 4. The van der Waals surface area contributed by atoms with E-state index in [0.717, 1.165) is 54.6 Å². The van der Waals surface area contributed by atoms with Crippen LogP contribution >= 0.6 is 0 Å². The third-order valence-electron chi connectivity index (χ3n) is 4.74. The largest absolute Gasteiger partial charge is 0.481 e. The van der Waals surface area contributed by atoms with Gasteiger partial charge in [-0.25, -0.2) is 0 Å². The molecule has 0 saturated carbocycles. The Morgan fingerprint density at radius 2 is 1.81 bits per heavy atom. The Bertz CT molecular complexity index is 752. The first kappa shape index (κ1) is 18.3. The number of carbonyl (C=O) groups is 1. The minimum absolute atomic E-state index is 0.162. The summed E-state index contributed by atoms with van der Waals surface area (Å²) in [6.45, 7) is 9.10. The summed E-state index contributed by atoms with van der Waals surface area (Å²) in [6, 6.07) is 13.8. The highest BCUT2D eigenvalue weighted by atomic mass is 16.5. The van der Waals surface area contributed by atoms with Gasteiger partial charge in [0.25, 0.3) is 5.91 Å². The van der Waals surface area contributed by atoms with Crippen LogP contribution in [0, 0.1) is 13.8 Å². The Kier molecular flexibility index (Phi) is 5.78. The minimum Gasteiger partial charge on any atom is -0.481 e. The summed E-state index contributed by atoms with van der Waals surface area (Å²) in [6.07, 6.45) is -0.575. The van der Waals surface area contributed by atoms with Gasteiger partial charge in [-0.1, -0.05) is 12.1 Å². The molecule has 1 amide bonds. The van der Waals surface area contributed by atoms with Gasteiger partial charge in [-0.15, -0.1) is 0 Å². The van der Waals surface area contributed by atoms with E-state index in [0.29, 0.717) is 0 Å². The predicted octanol–water partition coefficient (Wildman–Crippen LogP) is 3.55. The van der Waals surface area contributed by atoms with Crippen LogP contribution in [0.1, 0.15) is 18.1 Å². The van der Waals surface area contributed by atoms with Crippen molar-refractivity contribution in [1.82, 2.24) is 0 Å². The van der Waals surface area contributed by atoms with Crippen molar-refractivity contribution in [2.75, 3.05) is 36.5 Å². The number of nitrogens with zero attached hydrogens (tertiary/aromatic N) is 1. The van der Waals surface area contributed by atoms with Crippen molar-refractivity contribution in [1.29, 1.82) is 0 Å². The number of carbonyl (C=O) groups excluding carboxylic acids is 1. The van der Waals surface area contributed by atoms with E-state index >= 15 is 0 Å². The van der Waals surface area contributed by atoms with Crippen LogP contribution in [0.4, 0.5) is 11.4 Å². The lowest BCUT2D eigenvalue weighted by Gasteiger charge is -2.29. The summed E-state index contributed by atoms with van der Waals surface area (Å²) in [5, 5.41) is 2.92. The average molecular weight is 354 g/mol. The van der Waals surface area contributed by atoms with Gasteiger partial charge < -0.3 is 19.7 Å². The molecule has 1 atom stereocenters. The van der Waals surface area contributed by atoms with E-state index in [1.165, 1.54) is 0 Å². The lowest BCUT2D eigenvalue weighted by Crippen LogP contribution is -2.36. The highest BCUT2D eigenvalue weighted by Gasteiger charge is 2.17. The minimum atomic E-state index is -0.575. The molecule has 0 bridgehead atoms. The first-order valence-electron chi connectivity index (χ1n) is 9.01. The van der Waals surface area contributed by atoms with Crippen LogP contribution in [-0.2, 0) is 9.53 Å². The average Bonchev–Trinajstić information content (AvgIpc) is 2.66. The second-order valence-electron chi connectivity index (χ2n) is 6.59. The van der Waals surface area contributed by atoms with Gasteiger partial charge in [-0.2, -0.15) is 0 Å². The summed E-state index contributed by atoms with van der Waals surface area (Å²) in [5.41, 5.74) is 4.12. The van der Waals surface area contributed by atoms with Gasteiger partial charge in [0.05, 0.1) is 13.2 Å². The molecule has 0 spiro atoms. The van der Waals surface area contributed by atoms with Crippen LogP contribution in [0.25, 0.3) is 0 Å². The van der Waals surface area contributed by atoms with E-state index in [2.05, 4.69) is 10.2 Å². The quantitative estimate of drug-likeness (QED) is 0.892. The molecule has 1 heterocycles. The van der Waals surface area contributed by atoms with Crippen LogP contribution in [0.5, 0.6) is 5.75 Å². The summed E-state index contributed by atoms with van der Waals surface area (Å²) >= 11 is 0. The zero-order valence-electron chi connectivity index (χ0n) is 15.6. The molecular weight excluding hydrogens is 328 g/mol. The van der Waals surface area contributed by atoms with Crippen LogP contribution in [-0.4, -0.2) is 38.3 Å². The van der Waals surface area contributed by atoms with E-state index in [1.807, 2.05) is 56.3 Å². The fourth-order valence-electron chi connectivity index (χ4n) is 2.92. The molecule has 5 nitrogen and oxygen atoms in total. The van der Waals surface area contributed by atoms with E-state index in [4.69, 9.17) is 9.47 Å². The first-order chi connectivity index (χ1) is 12.5. The first-order valence-corrected chi connectivity index (χ1v) is 9.01. The van der Waals surface area contributed by atoms with Crippen LogP contribution in [0.3, 0.4) is 0 Å². The molecular formula is C21H26N2O3. The zero-order chi connectivity index (χ0) is 18.5. The van der Waals surface area contributed by atoms with Crippen molar-refractivity contribution in [2.24, 2.45) is 0 Å². The van der Waals surface area contributed by atoms with Crippen LogP contribution < -0.4 is 15.0 Å². The number of amides is 1. The van der Waals surface area contributed by atoms with Crippen molar-refractivity contribution in [2.45, 2.75) is 26.9 Å². The van der Waals surface area contributed by atoms with Crippen molar-refractivity contribution < 1.29 is 14.3 Å². The zero-order valence-corrected chi connectivity index (χ0v) is 15.6. The lowest BCUT2D eigenvalue weighted by molar-refractivity contribution is -0.122. The van der Waals surface area contributed by atoms with E-state index in [-0.39, 0.29) is 5.91 Å². The molecule has 1 aliphatic heterocycles. The number of nitrogens with one attached hydrogen (secondary N) is 1. The van der Waals surface area contributed by atoms with Crippen LogP contribution in [0.15, 0.2) is 42.5 Å². The molecule has 1 fully saturated rings. The van der Waals surface area contributed by atoms with Gasteiger partial charge in [0.15, 0.2) is 6.10 Å². The molecule has 1 N–H and O–H groups in total. The summed E-state index contributed by atoms with van der Waals surface area (Å²) < 4.78 is 11.2. The lowest BCUT2D eigenvalue weighted by atomic mass is 10.1. The Labute approximate surface area is 154 Å². The number of anilines is 2. The predicted molar refractivity (Wildman–Crippen MR) is 104 cm³/mol. The molecule has 138 valence electrons. The standard InChI is InChI=1S/C21H26N2O3/c1-15-5-4-6-20(16(15)2)26-17(3)21(24)22-18-7-9-19(10-8-18)23-11-13-25-14-12-23/h4-10,17H,11-14H2,1-3H3,(H,22,24)/t17-/m1/s1. The highest BCUT2D eigenvalue weighted by molar-refractivity contribution is 5.94. The number of morpholine rings is 1. The van der Waals surface area contributed by atoms with Gasteiger partial charge in [0, 0.05) is 24.5 Å². The molecule has 1 saturated heterocycles. The Morgan fingerprint density at radius 1 is 1.12 bits per heavy atom. The topological polar surface area (TPSA) is 50.8 Å². The molecule has 1 aliphatic rings. The monoisotopic (exact) mass is 354 g/mol.